The van der Waals surface area contributed by atoms with Crippen molar-refractivity contribution >= 4 is 38.2 Å². The molecule has 50 heavy (non-hydrogen) atoms. The predicted molar refractivity (Wildman–Crippen MR) is 170 cm³/mol. The third kappa shape index (κ3) is 6.64. The van der Waals surface area contributed by atoms with Crippen molar-refractivity contribution in [2.24, 2.45) is 0 Å². The summed E-state index contributed by atoms with van der Waals surface area (Å²) in [7, 11) is -4.61. The van der Waals surface area contributed by atoms with E-state index in [-0.39, 0.29) is 45.3 Å². The Morgan fingerprint density at radius 2 is 1.76 bits per heavy atom. The van der Waals surface area contributed by atoms with Gasteiger partial charge in [0.15, 0.2) is 11.6 Å². The van der Waals surface area contributed by atoms with E-state index in [1.165, 1.54) is 54.3 Å². The highest BCUT2D eigenvalue weighted by Gasteiger charge is 2.25. The van der Waals surface area contributed by atoms with Crippen molar-refractivity contribution < 1.29 is 44.6 Å². The molecule has 0 aliphatic rings. The van der Waals surface area contributed by atoms with Gasteiger partial charge in [0.05, 0.1) is 35.0 Å². The van der Waals surface area contributed by atoms with Gasteiger partial charge in [-0.3, -0.25) is 9.52 Å². The molecule has 0 aliphatic carbocycles. The number of fused-ring (bicyclic) bond motifs is 1. The van der Waals surface area contributed by atoms with Gasteiger partial charge >= 0.3 is 0 Å². The second-order valence-corrected chi connectivity index (χ2v) is 12.5. The number of pyridine rings is 2. The summed E-state index contributed by atoms with van der Waals surface area (Å²) in [5.41, 5.74) is 7.22. The lowest BCUT2D eigenvalue weighted by atomic mass is 10.1. The number of alkyl halides is 2. The predicted octanol–water partition coefficient (Wildman–Crippen LogP) is 6.23. The third-order valence-electron chi connectivity index (χ3n) is 7.27. The van der Waals surface area contributed by atoms with Gasteiger partial charge in [-0.05, 0) is 61.4 Å². The van der Waals surface area contributed by atoms with E-state index in [1.807, 2.05) is 0 Å². The lowest BCUT2D eigenvalue weighted by Gasteiger charge is -2.14. The minimum atomic E-state index is -4.61. The van der Waals surface area contributed by atoms with Gasteiger partial charge in [-0.2, -0.15) is 9.49 Å². The zero-order valence-corrected chi connectivity index (χ0v) is 26.7. The first-order valence-corrected chi connectivity index (χ1v) is 15.9. The highest BCUT2D eigenvalue weighted by molar-refractivity contribution is 7.92. The number of ether oxygens (including phenoxy) is 2. The molecule has 6 aromatic rings. The highest BCUT2D eigenvalue weighted by atomic mass is 32.2. The first-order chi connectivity index (χ1) is 23.7. The van der Waals surface area contributed by atoms with Crippen LogP contribution in [0.1, 0.15) is 27.2 Å². The van der Waals surface area contributed by atoms with Crippen molar-refractivity contribution in [3.63, 3.8) is 0 Å². The first kappa shape index (κ1) is 33.8. The molecule has 0 amide bonds. The number of sulfonamides is 1. The Labute approximate surface area is 279 Å². The number of para-hydroxylation sites is 1. The third-order valence-corrected chi connectivity index (χ3v) is 8.62. The lowest BCUT2D eigenvalue weighted by molar-refractivity contribution is 0.0823. The number of halogens is 5. The molecule has 2 aromatic carbocycles. The fourth-order valence-electron chi connectivity index (χ4n) is 4.90. The summed E-state index contributed by atoms with van der Waals surface area (Å²) in [5, 5.41) is 4.47. The van der Waals surface area contributed by atoms with E-state index in [1.54, 1.807) is 6.92 Å². The van der Waals surface area contributed by atoms with Crippen LogP contribution in [0.25, 0.3) is 16.6 Å². The van der Waals surface area contributed by atoms with E-state index in [0.29, 0.717) is 16.8 Å². The van der Waals surface area contributed by atoms with Gasteiger partial charge in [0.1, 0.15) is 23.1 Å². The summed E-state index contributed by atoms with van der Waals surface area (Å²) in [6.45, 7) is 2.05. The SMILES string of the molecule is Cc1cnc(F)c(S(=O)(=O)Nc2cc3[nH]c(C(=O)c4cnn(-c5cnc(Oc6c(F)cccc6F)cc5C)c4N)cc3cc2OCC(F)F)c1. The van der Waals surface area contributed by atoms with Crippen molar-refractivity contribution in [3.8, 4) is 23.1 Å². The maximum Gasteiger partial charge on any atom is 0.272 e. The maximum absolute atomic E-state index is 14.4. The van der Waals surface area contributed by atoms with Crippen molar-refractivity contribution in [1.82, 2.24) is 24.7 Å². The number of aryl methyl sites for hydroxylation is 2. The number of ketones is 1. The summed E-state index contributed by atoms with van der Waals surface area (Å²) in [4.78, 5) is 23.2. The zero-order chi connectivity index (χ0) is 35.9. The first-order valence-electron chi connectivity index (χ1n) is 14.4. The second-order valence-electron chi connectivity index (χ2n) is 10.9. The minimum Gasteiger partial charge on any atom is -0.485 e. The van der Waals surface area contributed by atoms with Crippen LogP contribution in [0.15, 0.2) is 72.0 Å². The molecule has 4 aromatic heterocycles. The van der Waals surface area contributed by atoms with E-state index in [4.69, 9.17) is 15.2 Å². The van der Waals surface area contributed by atoms with Gasteiger partial charge in [0, 0.05) is 23.2 Å². The number of aromatic nitrogens is 5. The van der Waals surface area contributed by atoms with Crippen molar-refractivity contribution in [1.29, 1.82) is 0 Å². The fraction of sp³-hybridized carbons (Fsp3) is 0.125. The average molecular weight is 714 g/mol. The molecule has 4 N–H and O–H groups in total. The number of anilines is 2. The Hall–Kier alpha value is -6.04. The average Bonchev–Trinajstić information content (AvgIpc) is 3.65. The number of hydrogen-bond acceptors (Lipinski definition) is 9. The standard InChI is InChI=1S/C32H24F5N7O5S/c1-15-6-26(31(37)40-11-15)50(46,47)43-22-10-21-17(9-25(22)48-14-27(35)36)8-23(42-21)29(45)18-12-41-44(32(18)38)24-13-39-28(7-16(24)2)49-30-19(33)4-3-5-20(30)34/h3-13,27,42-43H,14,38H2,1-2H3. The van der Waals surface area contributed by atoms with Crippen molar-refractivity contribution in [2.45, 2.75) is 25.2 Å². The molecule has 18 heteroatoms. The van der Waals surface area contributed by atoms with Crippen LogP contribution in [-0.4, -0.2) is 52.0 Å². The minimum absolute atomic E-state index is 0.0366. The van der Waals surface area contributed by atoms with Crippen molar-refractivity contribution in [2.75, 3.05) is 17.1 Å². The molecular weight excluding hydrogens is 689 g/mol. The summed E-state index contributed by atoms with van der Waals surface area (Å²) < 4.78 is 109. The van der Waals surface area contributed by atoms with E-state index in [9.17, 15) is 35.2 Å². The van der Waals surface area contributed by atoms with Crippen LogP contribution in [-0.2, 0) is 10.0 Å². The monoisotopic (exact) mass is 713 g/mol. The Balaban J connectivity index is 1.30. The Morgan fingerprint density at radius 3 is 2.46 bits per heavy atom. The summed E-state index contributed by atoms with van der Waals surface area (Å²) in [6.07, 6.45) is 0.706. The number of nitrogens with one attached hydrogen (secondary N) is 2. The molecule has 0 bridgehead atoms. The molecule has 0 aliphatic heterocycles. The normalized spacial score (nSPS) is 11.7. The maximum atomic E-state index is 14.4. The van der Waals surface area contributed by atoms with E-state index in [0.717, 1.165) is 24.4 Å². The molecule has 0 saturated carbocycles. The number of carbonyl (C=O) groups excluding carboxylic acids is 1. The molecule has 258 valence electrons. The number of carbonyl (C=O) groups is 1. The van der Waals surface area contributed by atoms with Gasteiger partial charge in [-0.25, -0.2) is 40.6 Å². The number of nitrogens with zero attached hydrogens (tertiary/aromatic N) is 4. The molecular formula is C32H24F5N7O5S. The Bertz CT molecular complexity index is 2380. The van der Waals surface area contributed by atoms with Crippen LogP contribution in [0.4, 0.5) is 33.5 Å². The molecule has 4 heterocycles. The van der Waals surface area contributed by atoms with Gasteiger partial charge in [-0.1, -0.05) is 6.07 Å². The number of nitrogen functional groups attached to an aromatic ring is 1. The molecule has 0 unspecified atom stereocenters. The largest absolute Gasteiger partial charge is 0.485 e. The fourth-order valence-corrected chi connectivity index (χ4v) is 6.08. The lowest BCUT2D eigenvalue weighted by Crippen LogP contribution is -2.17. The Morgan fingerprint density at radius 1 is 1.02 bits per heavy atom. The van der Waals surface area contributed by atoms with Gasteiger partial charge in [0.2, 0.25) is 23.4 Å². The van der Waals surface area contributed by atoms with E-state index < -0.39 is 57.1 Å². The number of aromatic amines is 1. The number of rotatable bonds is 11. The van der Waals surface area contributed by atoms with Crippen molar-refractivity contribution in [3.05, 3.63) is 107 Å². The molecule has 6 rings (SSSR count). The molecule has 0 fully saturated rings. The molecule has 0 radical (unpaired) electrons. The summed E-state index contributed by atoms with van der Waals surface area (Å²) >= 11 is 0. The molecule has 0 saturated heterocycles. The van der Waals surface area contributed by atoms with E-state index >= 15 is 0 Å². The topological polar surface area (TPSA) is 167 Å². The van der Waals surface area contributed by atoms with Crippen LogP contribution in [0.3, 0.4) is 0 Å². The quantitative estimate of drug-likeness (QED) is 0.0802. The summed E-state index contributed by atoms with van der Waals surface area (Å²) in [6, 6.07) is 9.49. The number of nitrogens with two attached hydrogens (primary N) is 1. The highest BCUT2D eigenvalue weighted by Crippen LogP contribution is 2.34. The van der Waals surface area contributed by atoms with Crippen LogP contribution < -0.4 is 19.9 Å². The van der Waals surface area contributed by atoms with Crippen LogP contribution in [0.5, 0.6) is 17.4 Å². The van der Waals surface area contributed by atoms with Gasteiger partial charge in [-0.15, -0.1) is 0 Å². The van der Waals surface area contributed by atoms with Crippen LogP contribution >= 0.6 is 0 Å². The van der Waals surface area contributed by atoms with Crippen LogP contribution in [0.2, 0.25) is 0 Å². The molecule has 0 atom stereocenters. The second kappa shape index (κ2) is 13.1. The number of hydrogen-bond donors (Lipinski definition) is 3. The molecule has 0 spiro atoms. The van der Waals surface area contributed by atoms with Crippen LogP contribution in [0, 0.1) is 31.4 Å². The van der Waals surface area contributed by atoms with Gasteiger partial charge < -0.3 is 20.2 Å². The van der Waals surface area contributed by atoms with E-state index in [2.05, 4.69) is 24.8 Å². The zero-order valence-electron chi connectivity index (χ0n) is 25.8. The summed E-state index contributed by atoms with van der Waals surface area (Å²) in [5.74, 6) is -4.93. The number of benzene rings is 2. The molecule has 12 nitrogen and oxygen atoms in total. The van der Waals surface area contributed by atoms with Gasteiger partial charge in [0.25, 0.3) is 16.4 Å². The smallest absolute Gasteiger partial charge is 0.272 e. The Kier molecular flexibility index (Phi) is 8.87. The number of H-pyrrole nitrogens is 1.